The number of amides is 1. The van der Waals surface area contributed by atoms with Crippen LogP contribution >= 0.6 is 12.2 Å². The van der Waals surface area contributed by atoms with Gasteiger partial charge < -0.3 is 5.32 Å². The smallest absolute Gasteiger partial charge is 0.226 e. The normalized spacial score (nSPS) is 37.5. The van der Waals surface area contributed by atoms with Crippen molar-refractivity contribution in [2.45, 2.75) is 51.4 Å². The molecular weight excluding hydrogens is 268 g/mol. The Morgan fingerprint density at radius 1 is 1.15 bits per heavy atom. The largest absolute Gasteiger partial charge is 0.356 e. The van der Waals surface area contributed by atoms with Gasteiger partial charge in [0, 0.05) is 18.5 Å². The molecule has 0 unspecified atom stereocenters. The molecule has 20 heavy (non-hydrogen) atoms. The molecule has 4 aliphatic carbocycles. The third kappa shape index (κ3) is 2.82. The highest BCUT2D eigenvalue weighted by atomic mass is 32.1. The fourth-order valence-corrected chi connectivity index (χ4v) is 5.23. The Hall–Kier alpha value is -0.730. The zero-order valence-corrected chi connectivity index (χ0v) is 12.9. The molecule has 4 bridgehead atoms. The Balaban J connectivity index is 1.48. The van der Waals surface area contributed by atoms with Crippen molar-refractivity contribution >= 4 is 23.3 Å². The van der Waals surface area contributed by atoms with Crippen molar-refractivity contribution in [2.24, 2.45) is 28.2 Å². The number of aliphatic imine (C=N–C) groups is 1. The van der Waals surface area contributed by atoms with Crippen LogP contribution in [-0.4, -0.2) is 24.2 Å². The molecule has 4 fully saturated rings. The van der Waals surface area contributed by atoms with Crippen molar-refractivity contribution in [3.05, 3.63) is 0 Å². The molecule has 4 heteroatoms. The summed E-state index contributed by atoms with van der Waals surface area (Å²) < 4.78 is 0. The van der Waals surface area contributed by atoms with Crippen LogP contribution in [0.15, 0.2) is 4.99 Å². The maximum Gasteiger partial charge on any atom is 0.226 e. The molecule has 0 aromatic heterocycles. The number of rotatable bonds is 6. The number of nitrogens with one attached hydrogen (secondary N) is 1. The van der Waals surface area contributed by atoms with E-state index in [0.29, 0.717) is 5.91 Å². The van der Waals surface area contributed by atoms with Gasteiger partial charge in [-0.05, 0) is 81.3 Å². The van der Waals surface area contributed by atoms with Gasteiger partial charge in [-0.1, -0.05) is 0 Å². The highest BCUT2D eigenvalue weighted by Crippen LogP contribution is 2.60. The van der Waals surface area contributed by atoms with Crippen LogP contribution in [0.5, 0.6) is 0 Å². The molecule has 110 valence electrons. The van der Waals surface area contributed by atoms with E-state index in [4.69, 9.17) is 0 Å². The van der Waals surface area contributed by atoms with Crippen LogP contribution in [0.4, 0.5) is 0 Å². The summed E-state index contributed by atoms with van der Waals surface area (Å²) in [7, 11) is 0. The van der Waals surface area contributed by atoms with E-state index in [1.807, 2.05) is 0 Å². The van der Waals surface area contributed by atoms with E-state index < -0.39 is 0 Å². The van der Waals surface area contributed by atoms with E-state index in [9.17, 15) is 4.79 Å². The molecule has 1 N–H and O–H groups in total. The maximum absolute atomic E-state index is 12.6. The molecule has 3 nitrogen and oxygen atoms in total. The van der Waals surface area contributed by atoms with Crippen LogP contribution in [-0.2, 0) is 4.79 Å². The van der Waals surface area contributed by atoms with Gasteiger partial charge in [0.2, 0.25) is 5.91 Å². The lowest BCUT2D eigenvalue weighted by atomic mass is 9.49. The first-order valence-corrected chi connectivity index (χ1v) is 8.44. The molecule has 0 aromatic rings. The van der Waals surface area contributed by atoms with E-state index >= 15 is 0 Å². The number of isothiocyanates is 1. The molecule has 4 rings (SSSR count). The molecule has 0 aliphatic heterocycles. The molecule has 0 radical (unpaired) electrons. The second-order valence-electron chi connectivity index (χ2n) is 7.13. The second kappa shape index (κ2) is 5.95. The first-order chi connectivity index (χ1) is 9.72. The number of carbonyl (C=O) groups excluding carboxylic acids is 1. The van der Waals surface area contributed by atoms with Crippen molar-refractivity contribution in [2.75, 3.05) is 13.1 Å². The number of nitrogens with zero attached hydrogens (tertiary/aromatic N) is 1. The lowest BCUT2D eigenvalue weighted by molar-refractivity contribution is -0.146. The zero-order chi connectivity index (χ0) is 14.0. The van der Waals surface area contributed by atoms with Crippen molar-refractivity contribution < 1.29 is 4.79 Å². The quantitative estimate of drug-likeness (QED) is 0.464. The fraction of sp³-hybridized carbons (Fsp3) is 0.875. The van der Waals surface area contributed by atoms with Crippen LogP contribution in [0.1, 0.15) is 51.4 Å². The van der Waals surface area contributed by atoms with Crippen LogP contribution < -0.4 is 5.32 Å². The van der Waals surface area contributed by atoms with Crippen molar-refractivity contribution in [1.82, 2.24) is 5.32 Å². The topological polar surface area (TPSA) is 41.5 Å². The maximum atomic E-state index is 12.6. The lowest BCUT2D eigenvalue weighted by Gasteiger charge is -2.55. The average Bonchev–Trinajstić information content (AvgIpc) is 2.41. The second-order valence-corrected chi connectivity index (χ2v) is 7.32. The van der Waals surface area contributed by atoms with Crippen LogP contribution in [0.3, 0.4) is 0 Å². The Labute approximate surface area is 126 Å². The average molecular weight is 292 g/mol. The monoisotopic (exact) mass is 292 g/mol. The SMILES string of the molecule is O=C(NCCCCN=C=S)C12CC3CC(CC(C3)C1)C2. The van der Waals surface area contributed by atoms with Crippen LogP contribution in [0.2, 0.25) is 0 Å². The summed E-state index contributed by atoms with van der Waals surface area (Å²) in [6, 6.07) is 0. The summed E-state index contributed by atoms with van der Waals surface area (Å²) in [5.41, 5.74) is 0.00129. The van der Waals surface area contributed by atoms with Gasteiger partial charge in [0.15, 0.2) is 0 Å². The molecule has 0 saturated heterocycles. The highest BCUT2D eigenvalue weighted by molar-refractivity contribution is 7.78. The summed E-state index contributed by atoms with van der Waals surface area (Å²) in [4.78, 5) is 16.5. The zero-order valence-electron chi connectivity index (χ0n) is 12.1. The number of hydrogen-bond acceptors (Lipinski definition) is 3. The van der Waals surface area contributed by atoms with Gasteiger partial charge in [0.25, 0.3) is 0 Å². The molecule has 4 saturated carbocycles. The van der Waals surface area contributed by atoms with Crippen molar-refractivity contribution in [3.63, 3.8) is 0 Å². The van der Waals surface area contributed by atoms with Crippen molar-refractivity contribution in [1.29, 1.82) is 0 Å². The molecule has 0 heterocycles. The third-order valence-electron chi connectivity index (χ3n) is 5.57. The summed E-state index contributed by atoms with van der Waals surface area (Å²) in [5.74, 6) is 2.85. The van der Waals surface area contributed by atoms with Gasteiger partial charge in [0.05, 0.1) is 5.16 Å². The Kier molecular flexibility index (Phi) is 4.23. The Bertz CT molecular complexity index is 393. The van der Waals surface area contributed by atoms with E-state index in [1.54, 1.807) is 0 Å². The minimum Gasteiger partial charge on any atom is -0.356 e. The van der Waals surface area contributed by atoms with Crippen LogP contribution in [0.25, 0.3) is 0 Å². The standard InChI is InChI=1S/C16H24N2OS/c19-15(18-4-2-1-3-17-11-20)16-8-12-5-13(9-16)7-14(6-12)10-16/h12-14H,1-10H2,(H,18,19). The van der Waals surface area contributed by atoms with Gasteiger partial charge in [0.1, 0.15) is 0 Å². The number of carbonyl (C=O) groups is 1. The molecule has 0 spiro atoms. The van der Waals surface area contributed by atoms with E-state index in [-0.39, 0.29) is 5.41 Å². The first kappa shape index (κ1) is 14.2. The molecule has 4 aliphatic rings. The van der Waals surface area contributed by atoms with E-state index in [0.717, 1.165) is 62.9 Å². The van der Waals surface area contributed by atoms with Gasteiger partial charge in [-0.3, -0.25) is 4.79 Å². The summed E-state index contributed by atoms with van der Waals surface area (Å²) in [5, 5.41) is 5.57. The summed E-state index contributed by atoms with van der Waals surface area (Å²) in [6.07, 6.45) is 9.59. The van der Waals surface area contributed by atoms with E-state index in [2.05, 4.69) is 27.7 Å². The lowest BCUT2D eigenvalue weighted by Crippen LogP contribution is -2.53. The molecular formula is C16H24N2OS. The van der Waals surface area contributed by atoms with Crippen molar-refractivity contribution in [3.8, 4) is 0 Å². The van der Waals surface area contributed by atoms with Gasteiger partial charge in [-0.15, -0.1) is 0 Å². The predicted molar refractivity (Wildman–Crippen MR) is 82.7 cm³/mol. The molecule has 0 aromatic carbocycles. The van der Waals surface area contributed by atoms with Gasteiger partial charge >= 0.3 is 0 Å². The number of unbranched alkanes of at least 4 members (excludes halogenated alkanes) is 1. The highest BCUT2D eigenvalue weighted by Gasteiger charge is 2.54. The minimum absolute atomic E-state index is 0.00129. The minimum atomic E-state index is 0.00129. The van der Waals surface area contributed by atoms with Gasteiger partial charge in [-0.2, -0.15) is 0 Å². The summed E-state index contributed by atoms with van der Waals surface area (Å²) in [6.45, 7) is 1.52. The van der Waals surface area contributed by atoms with Gasteiger partial charge in [-0.25, -0.2) is 4.99 Å². The van der Waals surface area contributed by atoms with Crippen LogP contribution in [0, 0.1) is 23.2 Å². The molecule has 0 atom stereocenters. The number of hydrogen-bond donors (Lipinski definition) is 1. The fourth-order valence-electron chi connectivity index (χ4n) is 5.14. The molecule has 1 amide bonds. The number of thiocarbonyl (C=S) groups is 1. The predicted octanol–water partition coefficient (Wildman–Crippen LogP) is 3.20. The Morgan fingerprint density at radius 2 is 1.75 bits per heavy atom. The first-order valence-electron chi connectivity index (χ1n) is 8.04. The summed E-state index contributed by atoms with van der Waals surface area (Å²) >= 11 is 4.53. The van der Waals surface area contributed by atoms with E-state index in [1.165, 1.54) is 19.3 Å². The Morgan fingerprint density at radius 3 is 2.30 bits per heavy atom. The third-order valence-corrected chi connectivity index (χ3v) is 5.70.